The van der Waals surface area contributed by atoms with Crippen LogP contribution in [0.15, 0.2) is 18.5 Å². The topological polar surface area (TPSA) is 53.8 Å². The zero-order chi connectivity index (χ0) is 9.10. The Kier molecular flexibility index (Phi) is 2.66. The van der Waals surface area contributed by atoms with Gasteiger partial charge in [-0.1, -0.05) is 6.42 Å². The van der Waals surface area contributed by atoms with E-state index in [-0.39, 0.29) is 6.04 Å². The van der Waals surface area contributed by atoms with Crippen LogP contribution in [0, 0.1) is 0 Å². The summed E-state index contributed by atoms with van der Waals surface area (Å²) in [5, 5.41) is 3.47. The number of nitrogens with one attached hydrogen (secondary N) is 2. The molecule has 72 valence electrons. The van der Waals surface area contributed by atoms with Crippen LogP contribution in [-0.4, -0.2) is 17.6 Å². The molecule has 1 aromatic rings. The molecule has 0 saturated carbocycles. The van der Waals surface area contributed by atoms with Gasteiger partial charge in [0.1, 0.15) is 0 Å². The van der Waals surface area contributed by atoms with E-state index in [1.807, 2.05) is 12.4 Å². The predicted octanol–water partition coefficient (Wildman–Crippen LogP) is 1.16. The molecule has 0 radical (unpaired) electrons. The van der Waals surface area contributed by atoms with Crippen molar-refractivity contribution in [3.63, 3.8) is 0 Å². The van der Waals surface area contributed by atoms with Crippen molar-refractivity contribution in [3.8, 4) is 0 Å². The Labute approximate surface area is 78.7 Å². The Bertz CT molecular complexity index is 237. The first-order valence-corrected chi connectivity index (χ1v) is 4.99. The lowest BCUT2D eigenvalue weighted by atomic mass is 9.95. The summed E-state index contributed by atoms with van der Waals surface area (Å²) in [7, 11) is 0. The van der Waals surface area contributed by atoms with Crippen LogP contribution >= 0.6 is 0 Å². The minimum atomic E-state index is 0.145. The summed E-state index contributed by atoms with van der Waals surface area (Å²) in [6, 6.07) is 2.66. The molecule has 2 unspecified atom stereocenters. The standard InChI is InChI=1S/C10H17N3/c11-10(8-4-6-12-7-8)9-3-1-2-5-13-9/h4,6-7,9-10,12-13H,1-3,5,11H2. The van der Waals surface area contributed by atoms with Gasteiger partial charge < -0.3 is 16.0 Å². The van der Waals surface area contributed by atoms with E-state index < -0.39 is 0 Å². The van der Waals surface area contributed by atoms with Crippen LogP contribution < -0.4 is 11.1 Å². The van der Waals surface area contributed by atoms with Gasteiger partial charge in [0, 0.05) is 24.5 Å². The Balaban J connectivity index is 1.99. The minimum Gasteiger partial charge on any atom is -0.367 e. The summed E-state index contributed by atoms with van der Waals surface area (Å²) in [5.41, 5.74) is 7.34. The van der Waals surface area contributed by atoms with Crippen molar-refractivity contribution >= 4 is 0 Å². The summed E-state index contributed by atoms with van der Waals surface area (Å²) in [4.78, 5) is 3.04. The molecule has 13 heavy (non-hydrogen) atoms. The first-order valence-electron chi connectivity index (χ1n) is 4.99. The second kappa shape index (κ2) is 3.94. The fourth-order valence-electron chi connectivity index (χ4n) is 1.96. The molecule has 1 aliphatic rings. The smallest absolute Gasteiger partial charge is 0.0465 e. The van der Waals surface area contributed by atoms with Crippen molar-refractivity contribution in [1.29, 1.82) is 0 Å². The van der Waals surface area contributed by atoms with Gasteiger partial charge in [-0.15, -0.1) is 0 Å². The fourth-order valence-corrected chi connectivity index (χ4v) is 1.96. The van der Waals surface area contributed by atoms with E-state index >= 15 is 0 Å². The molecule has 2 atom stereocenters. The number of piperidine rings is 1. The summed E-state index contributed by atoms with van der Waals surface area (Å²) in [6.07, 6.45) is 7.71. The average Bonchev–Trinajstić information content (AvgIpc) is 2.71. The van der Waals surface area contributed by atoms with E-state index in [0.29, 0.717) is 6.04 Å². The molecule has 0 bridgehead atoms. The van der Waals surface area contributed by atoms with Crippen LogP contribution in [0.25, 0.3) is 0 Å². The molecule has 1 aliphatic heterocycles. The van der Waals surface area contributed by atoms with E-state index in [4.69, 9.17) is 5.73 Å². The normalized spacial score (nSPS) is 25.8. The molecule has 2 heterocycles. The van der Waals surface area contributed by atoms with E-state index in [1.165, 1.54) is 24.8 Å². The summed E-state index contributed by atoms with van der Waals surface area (Å²) in [5.74, 6) is 0. The Hall–Kier alpha value is -0.800. The van der Waals surface area contributed by atoms with Crippen LogP contribution in [0.2, 0.25) is 0 Å². The molecule has 1 aromatic heterocycles. The average molecular weight is 179 g/mol. The molecular weight excluding hydrogens is 162 g/mol. The summed E-state index contributed by atoms with van der Waals surface area (Å²) < 4.78 is 0. The lowest BCUT2D eigenvalue weighted by Crippen LogP contribution is -2.42. The van der Waals surface area contributed by atoms with Crippen LogP contribution in [-0.2, 0) is 0 Å². The maximum absolute atomic E-state index is 6.13. The van der Waals surface area contributed by atoms with E-state index in [0.717, 1.165) is 6.54 Å². The number of rotatable bonds is 2. The van der Waals surface area contributed by atoms with Crippen molar-refractivity contribution < 1.29 is 0 Å². The van der Waals surface area contributed by atoms with Gasteiger partial charge in [0.25, 0.3) is 0 Å². The third kappa shape index (κ3) is 1.92. The molecule has 3 nitrogen and oxygen atoms in total. The van der Waals surface area contributed by atoms with Crippen molar-refractivity contribution in [2.24, 2.45) is 5.73 Å². The second-order valence-corrected chi connectivity index (χ2v) is 3.73. The van der Waals surface area contributed by atoms with Gasteiger partial charge in [-0.25, -0.2) is 0 Å². The molecule has 0 amide bonds. The number of aromatic amines is 1. The predicted molar refractivity (Wildman–Crippen MR) is 53.4 cm³/mol. The monoisotopic (exact) mass is 179 g/mol. The molecule has 0 aliphatic carbocycles. The molecular formula is C10H17N3. The summed E-state index contributed by atoms with van der Waals surface area (Å²) in [6.45, 7) is 1.11. The zero-order valence-corrected chi connectivity index (χ0v) is 7.79. The molecule has 2 rings (SSSR count). The van der Waals surface area contributed by atoms with Crippen molar-refractivity contribution in [2.45, 2.75) is 31.3 Å². The number of nitrogens with two attached hydrogens (primary N) is 1. The molecule has 1 fully saturated rings. The lowest BCUT2D eigenvalue weighted by molar-refractivity contribution is 0.354. The third-order valence-corrected chi connectivity index (χ3v) is 2.79. The molecule has 4 N–H and O–H groups in total. The fraction of sp³-hybridized carbons (Fsp3) is 0.600. The van der Waals surface area contributed by atoms with Crippen LogP contribution in [0.5, 0.6) is 0 Å². The van der Waals surface area contributed by atoms with Crippen LogP contribution in [0.3, 0.4) is 0 Å². The Morgan fingerprint density at radius 1 is 1.46 bits per heavy atom. The first kappa shape index (κ1) is 8.78. The van der Waals surface area contributed by atoms with Crippen molar-refractivity contribution in [3.05, 3.63) is 24.0 Å². The van der Waals surface area contributed by atoms with Gasteiger partial charge in [-0.05, 0) is 31.0 Å². The van der Waals surface area contributed by atoms with Crippen LogP contribution in [0.4, 0.5) is 0 Å². The van der Waals surface area contributed by atoms with Gasteiger partial charge in [-0.3, -0.25) is 0 Å². The van der Waals surface area contributed by atoms with E-state index in [1.54, 1.807) is 0 Å². The molecule has 1 saturated heterocycles. The minimum absolute atomic E-state index is 0.145. The quantitative estimate of drug-likeness (QED) is 0.638. The van der Waals surface area contributed by atoms with Gasteiger partial charge in [0.05, 0.1) is 0 Å². The number of H-pyrrole nitrogens is 1. The van der Waals surface area contributed by atoms with Crippen LogP contribution in [0.1, 0.15) is 30.9 Å². The Morgan fingerprint density at radius 2 is 2.38 bits per heavy atom. The maximum atomic E-state index is 6.13. The van der Waals surface area contributed by atoms with Crippen molar-refractivity contribution in [1.82, 2.24) is 10.3 Å². The molecule has 0 spiro atoms. The van der Waals surface area contributed by atoms with Gasteiger partial charge in [0.15, 0.2) is 0 Å². The molecule has 3 heteroatoms. The van der Waals surface area contributed by atoms with Gasteiger partial charge >= 0.3 is 0 Å². The zero-order valence-electron chi connectivity index (χ0n) is 7.79. The lowest BCUT2D eigenvalue weighted by Gasteiger charge is -2.28. The van der Waals surface area contributed by atoms with E-state index in [2.05, 4.69) is 16.4 Å². The molecule has 0 aromatic carbocycles. The first-order chi connectivity index (χ1) is 6.38. The number of hydrogen-bond donors (Lipinski definition) is 3. The van der Waals surface area contributed by atoms with E-state index in [9.17, 15) is 0 Å². The maximum Gasteiger partial charge on any atom is 0.0465 e. The van der Waals surface area contributed by atoms with Gasteiger partial charge in [-0.2, -0.15) is 0 Å². The highest BCUT2D eigenvalue weighted by atomic mass is 15.0. The largest absolute Gasteiger partial charge is 0.367 e. The third-order valence-electron chi connectivity index (χ3n) is 2.79. The summed E-state index contributed by atoms with van der Waals surface area (Å²) >= 11 is 0. The number of aromatic nitrogens is 1. The number of hydrogen-bond acceptors (Lipinski definition) is 2. The SMILES string of the molecule is NC(c1cc[nH]c1)C1CCCCN1. The van der Waals surface area contributed by atoms with Crippen molar-refractivity contribution in [2.75, 3.05) is 6.54 Å². The van der Waals surface area contributed by atoms with Gasteiger partial charge in [0.2, 0.25) is 0 Å². The Morgan fingerprint density at radius 3 is 3.00 bits per heavy atom. The highest BCUT2D eigenvalue weighted by Gasteiger charge is 2.21. The highest BCUT2D eigenvalue weighted by Crippen LogP contribution is 2.19. The highest BCUT2D eigenvalue weighted by molar-refractivity contribution is 5.15. The second-order valence-electron chi connectivity index (χ2n) is 3.73.